The number of hydrogen-bond donors (Lipinski definition) is 0. The van der Waals surface area contributed by atoms with Crippen molar-refractivity contribution >= 4 is 75.4 Å². The van der Waals surface area contributed by atoms with Crippen molar-refractivity contribution in [2.24, 2.45) is 0 Å². The summed E-state index contributed by atoms with van der Waals surface area (Å²) in [4.78, 5) is 0. The molecule has 0 amide bonds. The van der Waals surface area contributed by atoms with Crippen LogP contribution in [0.5, 0.6) is 0 Å². The Kier molecular flexibility index (Phi) is 8.32. The monoisotopic (exact) mass is 808 g/mol. The summed E-state index contributed by atoms with van der Waals surface area (Å²) in [6, 6.07) is 90.1. The standard InChI is InChI=1S/C64H40/c1-6-20-58-41(10-1)13-9-21-62(58)64-61-33-30-50(46-16-7-14-44(34-46)48-28-31-59-52(36-48)25-22-42-11-2-4-18-56(42)59)38-55(61)39-54-27-24-51(40-63(54)64)47-17-8-15-45(35-47)49-29-32-60-53(37-49)26-23-43-12-3-5-19-57(43)60/h1-40H. The second kappa shape index (κ2) is 14.7. The van der Waals surface area contributed by atoms with Gasteiger partial charge in [0.15, 0.2) is 0 Å². The van der Waals surface area contributed by atoms with Gasteiger partial charge < -0.3 is 0 Å². The Balaban J connectivity index is 0.929. The van der Waals surface area contributed by atoms with Crippen LogP contribution in [0.25, 0.3) is 131 Å². The number of benzene rings is 13. The van der Waals surface area contributed by atoms with Gasteiger partial charge in [-0.15, -0.1) is 0 Å². The lowest BCUT2D eigenvalue weighted by Gasteiger charge is -2.17. The first-order valence-electron chi connectivity index (χ1n) is 22.2. The Bertz CT molecular complexity index is 4010. The van der Waals surface area contributed by atoms with Crippen LogP contribution in [0.2, 0.25) is 0 Å². The second-order valence-corrected chi connectivity index (χ2v) is 17.3. The lowest BCUT2D eigenvalue weighted by atomic mass is 9.87. The minimum atomic E-state index is 1.21. The van der Waals surface area contributed by atoms with E-state index in [9.17, 15) is 0 Å². The molecule has 0 nitrogen and oxygen atoms in total. The molecule has 296 valence electrons. The van der Waals surface area contributed by atoms with E-state index in [4.69, 9.17) is 0 Å². The molecule has 0 heteroatoms. The molecule has 0 atom stereocenters. The smallest absolute Gasteiger partial charge is 0.00204 e. The third-order valence-corrected chi connectivity index (χ3v) is 13.6. The van der Waals surface area contributed by atoms with Gasteiger partial charge in [0, 0.05) is 0 Å². The lowest BCUT2D eigenvalue weighted by molar-refractivity contribution is 1.61. The molecule has 64 heavy (non-hydrogen) atoms. The summed E-state index contributed by atoms with van der Waals surface area (Å²) in [5.41, 5.74) is 12.2. The third-order valence-electron chi connectivity index (χ3n) is 13.6. The maximum absolute atomic E-state index is 2.42. The first-order chi connectivity index (χ1) is 31.7. The molecule has 0 saturated carbocycles. The van der Waals surface area contributed by atoms with E-state index >= 15 is 0 Å². The van der Waals surface area contributed by atoms with Crippen molar-refractivity contribution in [3.05, 3.63) is 243 Å². The van der Waals surface area contributed by atoms with Gasteiger partial charge in [0.2, 0.25) is 0 Å². The molecule has 0 unspecified atom stereocenters. The van der Waals surface area contributed by atoms with Crippen molar-refractivity contribution < 1.29 is 0 Å². The average Bonchev–Trinajstić information content (AvgIpc) is 3.37. The van der Waals surface area contributed by atoms with Crippen molar-refractivity contribution in [2.45, 2.75) is 0 Å². The molecule has 0 heterocycles. The first-order valence-corrected chi connectivity index (χ1v) is 22.2. The quantitative estimate of drug-likeness (QED) is 0.120. The van der Waals surface area contributed by atoms with Crippen molar-refractivity contribution in [1.82, 2.24) is 0 Å². The van der Waals surface area contributed by atoms with E-state index in [-0.39, 0.29) is 0 Å². The summed E-state index contributed by atoms with van der Waals surface area (Å²) in [6.07, 6.45) is 0. The molecule has 0 aliphatic heterocycles. The highest BCUT2D eigenvalue weighted by molar-refractivity contribution is 6.18. The van der Waals surface area contributed by atoms with Crippen LogP contribution in [-0.4, -0.2) is 0 Å². The molecule has 0 saturated heterocycles. The van der Waals surface area contributed by atoms with Gasteiger partial charge in [-0.05, 0) is 174 Å². The summed E-state index contributed by atoms with van der Waals surface area (Å²) in [7, 11) is 0. The molecule has 0 aliphatic rings. The van der Waals surface area contributed by atoms with Crippen molar-refractivity contribution in [3.8, 4) is 55.6 Å². The highest BCUT2D eigenvalue weighted by Crippen LogP contribution is 2.43. The predicted octanol–water partition coefficient (Wildman–Crippen LogP) is 18.1. The van der Waals surface area contributed by atoms with Gasteiger partial charge in [-0.3, -0.25) is 0 Å². The predicted molar refractivity (Wildman–Crippen MR) is 276 cm³/mol. The van der Waals surface area contributed by atoms with E-state index in [0.717, 1.165) is 0 Å². The van der Waals surface area contributed by atoms with Crippen LogP contribution < -0.4 is 0 Å². The molecule has 0 aromatic heterocycles. The van der Waals surface area contributed by atoms with Gasteiger partial charge in [-0.25, -0.2) is 0 Å². The number of fused-ring (bicyclic) bond motifs is 9. The van der Waals surface area contributed by atoms with E-state index in [1.807, 2.05) is 0 Å². The van der Waals surface area contributed by atoms with E-state index in [2.05, 4.69) is 243 Å². The van der Waals surface area contributed by atoms with Crippen molar-refractivity contribution in [3.63, 3.8) is 0 Å². The van der Waals surface area contributed by atoms with E-state index in [1.54, 1.807) is 0 Å². The molecule has 13 aromatic carbocycles. The summed E-state index contributed by atoms with van der Waals surface area (Å²) in [6.45, 7) is 0. The summed E-state index contributed by atoms with van der Waals surface area (Å²) >= 11 is 0. The molecule has 0 N–H and O–H groups in total. The van der Waals surface area contributed by atoms with Gasteiger partial charge in [-0.1, -0.05) is 200 Å². The van der Waals surface area contributed by atoms with Gasteiger partial charge in [0.05, 0.1) is 0 Å². The van der Waals surface area contributed by atoms with Crippen molar-refractivity contribution in [2.75, 3.05) is 0 Å². The average molecular weight is 809 g/mol. The van der Waals surface area contributed by atoms with Gasteiger partial charge >= 0.3 is 0 Å². The minimum absolute atomic E-state index is 1.21. The molecule has 0 aliphatic carbocycles. The number of hydrogen-bond acceptors (Lipinski definition) is 0. The van der Waals surface area contributed by atoms with Gasteiger partial charge in [-0.2, -0.15) is 0 Å². The van der Waals surface area contributed by atoms with Crippen LogP contribution in [-0.2, 0) is 0 Å². The molecule has 0 spiro atoms. The minimum Gasteiger partial charge on any atom is -0.0616 e. The molecule has 13 rings (SSSR count). The van der Waals surface area contributed by atoms with Crippen LogP contribution in [0.15, 0.2) is 243 Å². The highest BCUT2D eigenvalue weighted by Gasteiger charge is 2.16. The first kappa shape index (κ1) is 36.3. The van der Waals surface area contributed by atoms with Crippen LogP contribution >= 0.6 is 0 Å². The van der Waals surface area contributed by atoms with Crippen LogP contribution in [0.4, 0.5) is 0 Å². The Morgan fingerprint density at radius 3 is 1.09 bits per heavy atom. The Morgan fingerprint density at radius 1 is 0.156 bits per heavy atom. The zero-order valence-electron chi connectivity index (χ0n) is 35.1. The fourth-order valence-corrected chi connectivity index (χ4v) is 10.4. The number of rotatable bonds is 5. The third kappa shape index (κ3) is 6.07. The zero-order valence-corrected chi connectivity index (χ0v) is 35.1. The van der Waals surface area contributed by atoms with Gasteiger partial charge in [0.25, 0.3) is 0 Å². The van der Waals surface area contributed by atoms with Gasteiger partial charge in [0.1, 0.15) is 0 Å². The Hall–Kier alpha value is -8.32. The SMILES string of the molecule is c1cc(-c2ccc3c(-c4cccc5ccccc45)c4cc(-c5cccc(-c6ccc7c(ccc8ccccc87)c6)c5)ccc4cc3c2)cc(-c2ccc3c(ccc4ccccc43)c2)c1. The van der Waals surface area contributed by atoms with Crippen LogP contribution in [0, 0.1) is 0 Å². The summed E-state index contributed by atoms with van der Waals surface area (Å²) in [5.74, 6) is 0. The molecule has 0 radical (unpaired) electrons. The van der Waals surface area contributed by atoms with Crippen LogP contribution in [0.3, 0.4) is 0 Å². The van der Waals surface area contributed by atoms with Crippen molar-refractivity contribution in [1.29, 1.82) is 0 Å². The molecular weight excluding hydrogens is 769 g/mol. The molecule has 0 fully saturated rings. The van der Waals surface area contributed by atoms with E-state index in [0.29, 0.717) is 0 Å². The second-order valence-electron chi connectivity index (χ2n) is 17.3. The lowest BCUT2D eigenvalue weighted by Crippen LogP contribution is -1.90. The fraction of sp³-hybridized carbons (Fsp3) is 0. The highest BCUT2D eigenvalue weighted by atomic mass is 14.2. The molecule has 0 bridgehead atoms. The molecular formula is C64H40. The molecule has 13 aromatic rings. The Labute approximate surface area is 371 Å². The van der Waals surface area contributed by atoms with E-state index < -0.39 is 0 Å². The fourth-order valence-electron chi connectivity index (χ4n) is 10.4. The van der Waals surface area contributed by atoms with Crippen LogP contribution in [0.1, 0.15) is 0 Å². The zero-order chi connectivity index (χ0) is 42.1. The Morgan fingerprint density at radius 2 is 0.516 bits per heavy atom. The van der Waals surface area contributed by atoms with E-state index in [1.165, 1.54) is 131 Å². The maximum Gasteiger partial charge on any atom is -0.00204 e. The summed E-state index contributed by atoms with van der Waals surface area (Å²) < 4.78 is 0. The summed E-state index contributed by atoms with van der Waals surface area (Å²) in [5, 5.41) is 17.7. The largest absolute Gasteiger partial charge is 0.0616 e. The maximum atomic E-state index is 2.42. The topological polar surface area (TPSA) is 0 Å². The normalized spacial score (nSPS) is 11.8.